The van der Waals surface area contributed by atoms with E-state index in [1.807, 2.05) is 6.92 Å². The summed E-state index contributed by atoms with van der Waals surface area (Å²) in [6, 6.07) is 0. The van der Waals surface area contributed by atoms with Crippen molar-refractivity contribution < 1.29 is 0 Å². The molecule has 0 radical (unpaired) electrons. The van der Waals surface area contributed by atoms with Crippen molar-refractivity contribution in [1.29, 1.82) is 0 Å². The lowest BCUT2D eigenvalue weighted by Crippen LogP contribution is -2.13. The van der Waals surface area contributed by atoms with Crippen LogP contribution in [0.15, 0.2) is 0 Å². The summed E-state index contributed by atoms with van der Waals surface area (Å²) in [6.07, 6.45) is 1.77. The first kappa shape index (κ1) is 11.5. The Kier molecular flexibility index (Phi) is 3.31. The molecule has 2 N–H and O–H groups in total. The summed E-state index contributed by atoms with van der Waals surface area (Å²) in [7, 11) is 0. The van der Waals surface area contributed by atoms with E-state index in [1.54, 1.807) is 9.36 Å². The molecule has 0 fully saturated rings. The Morgan fingerprint density at radius 2 is 1.94 bits per heavy atom. The fraction of sp³-hybridized carbons (Fsp3) is 0.667. The molecule has 0 unspecified atom stereocenters. The number of tetrazole rings is 1. The molecule has 2 rings (SSSR count). The summed E-state index contributed by atoms with van der Waals surface area (Å²) >= 11 is 0. The third-order valence-corrected chi connectivity index (χ3v) is 2.54. The van der Waals surface area contributed by atoms with Crippen molar-refractivity contribution in [3.05, 3.63) is 11.5 Å². The second-order valence-corrected chi connectivity index (χ2v) is 3.75. The number of hydrogen-bond acceptors (Lipinski definition) is 6. The van der Waals surface area contributed by atoms with Crippen LogP contribution in [0.2, 0.25) is 0 Å². The number of nitrogens with zero attached hydrogens (tertiary/aromatic N) is 7. The van der Waals surface area contributed by atoms with Crippen molar-refractivity contribution in [1.82, 2.24) is 35.2 Å². The van der Waals surface area contributed by atoms with Crippen LogP contribution < -0.4 is 5.73 Å². The first-order valence-corrected chi connectivity index (χ1v) is 5.69. The minimum atomic E-state index is 0.474. The molecule has 0 aromatic carbocycles. The van der Waals surface area contributed by atoms with Crippen molar-refractivity contribution >= 4 is 5.82 Å². The van der Waals surface area contributed by atoms with E-state index in [-0.39, 0.29) is 0 Å². The molecule has 2 aromatic heterocycles. The zero-order chi connectivity index (χ0) is 12.3. The lowest BCUT2D eigenvalue weighted by molar-refractivity contribution is 0.520. The van der Waals surface area contributed by atoms with Crippen LogP contribution in [-0.4, -0.2) is 35.2 Å². The van der Waals surface area contributed by atoms with Gasteiger partial charge in [-0.25, -0.2) is 9.36 Å². The number of aromatic nitrogens is 7. The van der Waals surface area contributed by atoms with Gasteiger partial charge in [0.1, 0.15) is 6.54 Å². The van der Waals surface area contributed by atoms with Gasteiger partial charge in [-0.15, -0.1) is 10.2 Å². The second kappa shape index (κ2) is 4.89. The Morgan fingerprint density at radius 1 is 1.12 bits per heavy atom. The molecule has 0 spiro atoms. The molecule has 0 bridgehead atoms. The van der Waals surface area contributed by atoms with Crippen LogP contribution in [0.3, 0.4) is 0 Å². The third kappa shape index (κ3) is 2.24. The molecule has 2 aromatic rings. The first-order chi connectivity index (χ1) is 8.26. The zero-order valence-corrected chi connectivity index (χ0v) is 10.0. The highest BCUT2D eigenvalue weighted by Crippen LogP contribution is 2.09. The average Bonchev–Trinajstić information content (AvgIpc) is 2.88. The minimum absolute atomic E-state index is 0.474. The maximum atomic E-state index is 5.72. The van der Waals surface area contributed by atoms with Gasteiger partial charge < -0.3 is 5.73 Å². The summed E-state index contributed by atoms with van der Waals surface area (Å²) < 4.78 is 3.52. The minimum Gasteiger partial charge on any atom is -0.381 e. The van der Waals surface area contributed by atoms with Crippen LogP contribution in [-0.2, 0) is 19.5 Å². The molecule has 0 amide bonds. The Labute approximate surface area is 98.8 Å². The highest BCUT2D eigenvalue weighted by Gasteiger charge is 2.12. The van der Waals surface area contributed by atoms with E-state index in [0.717, 1.165) is 30.9 Å². The van der Waals surface area contributed by atoms with Crippen molar-refractivity contribution in [2.75, 3.05) is 5.73 Å². The molecule has 0 atom stereocenters. The number of nitrogens with two attached hydrogens (primary N) is 1. The van der Waals surface area contributed by atoms with Gasteiger partial charge in [-0.05, 0) is 23.3 Å². The largest absolute Gasteiger partial charge is 0.381 e. The number of rotatable bonds is 5. The normalized spacial score (nSPS) is 10.9. The maximum Gasteiger partial charge on any atom is 0.172 e. The number of hydrogen-bond donors (Lipinski definition) is 1. The monoisotopic (exact) mass is 236 g/mol. The van der Waals surface area contributed by atoms with Gasteiger partial charge in [0.15, 0.2) is 11.6 Å². The zero-order valence-electron chi connectivity index (χ0n) is 10.0. The topological polar surface area (TPSA) is 100 Å². The highest BCUT2D eigenvalue weighted by molar-refractivity contribution is 5.32. The predicted octanol–water partition coefficient (Wildman–Crippen LogP) is -0.133. The molecule has 92 valence electrons. The summed E-state index contributed by atoms with van der Waals surface area (Å²) in [5.41, 5.74) is 6.64. The molecule has 2 heterocycles. The Balaban J connectivity index is 2.22. The van der Waals surface area contributed by atoms with Gasteiger partial charge >= 0.3 is 0 Å². The fourth-order valence-electron chi connectivity index (χ4n) is 1.69. The van der Waals surface area contributed by atoms with E-state index >= 15 is 0 Å². The van der Waals surface area contributed by atoms with Crippen LogP contribution in [0.5, 0.6) is 0 Å². The lowest BCUT2D eigenvalue weighted by Gasteiger charge is -2.05. The van der Waals surface area contributed by atoms with Crippen molar-refractivity contribution in [2.24, 2.45) is 0 Å². The third-order valence-electron chi connectivity index (χ3n) is 2.54. The van der Waals surface area contributed by atoms with Crippen LogP contribution in [0.4, 0.5) is 5.82 Å². The van der Waals surface area contributed by atoms with Crippen molar-refractivity contribution in [2.45, 2.75) is 39.8 Å². The number of aryl methyl sites for hydroxylation is 1. The SMILES string of the molecule is CCCn1nnnc1Cn1nnc(N)c1CC. The van der Waals surface area contributed by atoms with Gasteiger partial charge in [-0.3, -0.25) is 0 Å². The maximum absolute atomic E-state index is 5.72. The predicted molar refractivity (Wildman–Crippen MR) is 61.0 cm³/mol. The van der Waals surface area contributed by atoms with E-state index < -0.39 is 0 Å². The van der Waals surface area contributed by atoms with Crippen LogP contribution in [0.1, 0.15) is 31.8 Å². The molecule has 8 heteroatoms. The van der Waals surface area contributed by atoms with E-state index in [9.17, 15) is 0 Å². The quantitative estimate of drug-likeness (QED) is 0.776. The van der Waals surface area contributed by atoms with Crippen LogP contribution >= 0.6 is 0 Å². The standard InChI is InChI=1S/C9H16N8/c1-3-5-16-8(11-13-15-16)6-17-7(4-2)9(10)12-14-17/h3-6,10H2,1-2H3. The lowest BCUT2D eigenvalue weighted by atomic mass is 10.3. The van der Waals surface area contributed by atoms with Crippen LogP contribution in [0, 0.1) is 0 Å². The molecule has 0 aliphatic rings. The second-order valence-electron chi connectivity index (χ2n) is 3.75. The van der Waals surface area contributed by atoms with Gasteiger partial charge in [0.25, 0.3) is 0 Å². The molecule has 0 saturated carbocycles. The smallest absolute Gasteiger partial charge is 0.172 e. The van der Waals surface area contributed by atoms with E-state index in [1.165, 1.54) is 0 Å². The first-order valence-electron chi connectivity index (χ1n) is 5.69. The Bertz CT molecular complexity index is 485. The summed E-state index contributed by atoms with van der Waals surface area (Å²) in [6.45, 7) is 5.39. The van der Waals surface area contributed by atoms with Gasteiger partial charge in [-0.2, -0.15) is 0 Å². The van der Waals surface area contributed by atoms with Crippen molar-refractivity contribution in [3.63, 3.8) is 0 Å². The van der Waals surface area contributed by atoms with Crippen molar-refractivity contribution in [3.8, 4) is 0 Å². The molecular formula is C9H16N8. The molecule has 0 aliphatic carbocycles. The van der Waals surface area contributed by atoms with Gasteiger partial charge in [0, 0.05) is 6.54 Å². The number of nitrogen functional groups attached to an aromatic ring is 1. The molecule has 17 heavy (non-hydrogen) atoms. The molecule has 8 nitrogen and oxygen atoms in total. The summed E-state index contributed by atoms with van der Waals surface area (Å²) in [4.78, 5) is 0. The number of anilines is 1. The average molecular weight is 236 g/mol. The van der Waals surface area contributed by atoms with Gasteiger partial charge in [0.2, 0.25) is 0 Å². The van der Waals surface area contributed by atoms with E-state index in [0.29, 0.717) is 12.4 Å². The highest BCUT2D eigenvalue weighted by atomic mass is 15.6. The van der Waals surface area contributed by atoms with Gasteiger partial charge in [0.05, 0.1) is 5.69 Å². The van der Waals surface area contributed by atoms with E-state index in [4.69, 9.17) is 5.73 Å². The van der Waals surface area contributed by atoms with Crippen LogP contribution in [0.25, 0.3) is 0 Å². The van der Waals surface area contributed by atoms with E-state index in [2.05, 4.69) is 32.8 Å². The molecular weight excluding hydrogens is 220 g/mol. The van der Waals surface area contributed by atoms with Gasteiger partial charge in [-0.1, -0.05) is 19.1 Å². The summed E-state index contributed by atoms with van der Waals surface area (Å²) in [5, 5.41) is 19.4. The fourth-order valence-corrected chi connectivity index (χ4v) is 1.69. The molecule has 0 saturated heterocycles. The Morgan fingerprint density at radius 3 is 2.65 bits per heavy atom. The molecule has 0 aliphatic heterocycles. The summed E-state index contributed by atoms with van der Waals surface area (Å²) in [5.74, 6) is 1.24. The Hall–Kier alpha value is -1.99.